The zero-order valence-corrected chi connectivity index (χ0v) is 16.9. The van der Waals surface area contributed by atoms with Crippen LogP contribution in [0, 0.1) is 11.8 Å². The van der Waals surface area contributed by atoms with E-state index in [-0.39, 0.29) is 12.5 Å². The van der Waals surface area contributed by atoms with Gasteiger partial charge in [0.25, 0.3) is 11.8 Å². The van der Waals surface area contributed by atoms with Crippen LogP contribution in [0.25, 0.3) is 11.5 Å². The summed E-state index contributed by atoms with van der Waals surface area (Å²) in [5, 5.41) is 4.03. The zero-order valence-electron chi connectivity index (χ0n) is 16.9. The third-order valence-electron chi connectivity index (χ3n) is 4.51. The molecule has 0 atom stereocenters. The van der Waals surface area contributed by atoms with Crippen LogP contribution >= 0.6 is 0 Å². The number of carbonyl (C=O) groups excluding carboxylic acids is 1. The third-order valence-corrected chi connectivity index (χ3v) is 4.51. The van der Waals surface area contributed by atoms with Gasteiger partial charge >= 0.3 is 5.91 Å². The highest BCUT2D eigenvalue weighted by Crippen LogP contribution is 2.23. The number of anilines is 1. The van der Waals surface area contributed by atoms with Crippen LogP contribution in [-0.2, 0) is 11.3 Å². The van der Waals surface area contributed by atoms with Gasteiger partial charge in [-0.2, -0.15) is 4.98 Å². The number of hydrogen-bond donors (Lipinski definition) is 0. The molecule has 4 rings (SSSR count). The second kappa shape index (κ2) is 9.42. The molecular weight excluding hydrogens is 390 g/mol. The molecule has 0 unspecified atom stereocenters. The van der Waals surface area contributed by atoms with Crippen molar-refractivity contribution in [2.75, 3.05) is 12.0 Å². The van der Waals surface area contributed by atoms with Crippen LogP contribution in [0.5, 0.6) is 5.75 Å². The van der Waals surface area contributed by atoms with Gasteiger partial charge < -0.3 is 9.26 Å². The van der Waals surface area contributed by atoms with Crippen LogP contribution < -0.4 is 9.64 Å². The first kappa shape index (κ1) is 19.9. The first-order valence-electron chi connectivity index (χ1n) is 9.63. The van der Waals surface area contributed by atoms with Gasteiger partial charge in [-0.15, -0.1) is 0 Å². The van der Waals surface area contributed by atoms with Gasteiger partial charge in [-0.3, -0.25) is 9.69 Å². The predicted molar refractivity (Wildman–Crippen MR) is 117 cm³/mol. The van der Waals surface area contributed by atoms with E-state index in [4.69, 9.17) is 9.26 Å². The molecule has 0 aliphatic rings. The molecule has 0 radical (unpaired) electrons. The minimum Gasteiger partial charge on any atom is -0.497 e. The summed E-state index contributed by atoms with van der Waals surface area (Å²) in [6.07, 6.45) is 0. The van der Waals surface area contributed by atoms with Crippen LogP contribution in [-0.4, -0.2) is 23.2 Å². The van der Waals surface area contributed by atoms with Crippen LogP contribution in [0.2, 0.25) is 0 Å². The Kier molecular flexibility index (Phi) is 6.05. The van der Waals surface area contributed by atoms with E-state index >= 15 is 0 Å². The molecule has 0 saturated carbocycles. The van der Waals surface area contributed by atoms with Crippen molar-refractivity contribution in [1.82, 2.24) is 10.1 Å². The van der Waals surface area contributed by atoms with Crippen LogP contribution in [0.4, 0.5) is 5.95 Å². The molecule has 0 fully saturated rings. The number of hydrogen-bond acceptors (Lipinski definition) is 5. The summed E-state index contributed by atoms with van der Waals surface area (Å²) in [6, 6.07) is 26.2. The molecule has 0 aliphatic carbocycles. The molecular formula is C25H19N3O3. The van der Waals surface area contributed by atoms with E-state index in [1.165, 1.54) is 4.90 Å². The third kappa shape index (κ3) is 4.98. The molecule has 0 bridgehead atoms. The summed E-state index contributed by atoms with van der Waals surface area (Å²) in [5.41, 5.74) is 2.40. The lowest BCUT2D eigenvalue weighted by atomic mass is 10.2. The summed E-state index contributed by atoms with van der Waals surface area (Å²) in [4.78, 5) is 18.8. The number of ether oxygens (including phenoxy) is 1. The Morgan fingerprint density at radius 1 is 0.968 bits per heavy atom. The smallest absolute Gasteiger partial charge is 0.306 e. The molecule has 0 aliphatic heterocycles. The molecule has 31 heavy (non-hydrogen) atoms. The lowest BCUT2D eigenvalue weighted by molar-refractivity contribution is -0.113. The fourth-order valence-corrected chi connectivity index (χ4v) is 2.89. The van der Waals surface area contributed by atoms with E-state index in [2.05, 4.69) is 22.0 Å². The second-order valence-electron chi connectivity index (χ2n) is 6.62. The molecule has 4 aromatic rings. The highest BCUT2D eigenvalue weighted by Gasteiger charge is 2.21. The van der Waals surface area contributed by atoms with Gasteiger partial charge in [-0.1, -0.05) is 54.5 Å². The topological polar surface area (TPSA) is 68.5 Å². The second-order valence-corrected chi connectivity index (χ2v) is 6.62. The van der Waals surface area contributed by atoms with Crippen LogP contribution in [0.15, 0.2) is 89.5 Å². The number of aromatic nitrogens is 2. The Morgan fingerprint density at radius 3 is 2.32 bits per heavy atom. The van der Waals surface area contributed by atoms with E-state index < -0.39 is 5.91 Å². The summed E-state index contributed by atoms with van der Waals surface area (Å²) >= 11 is 0. The predicted octanol–water partition coefficient (Wildman–Crippen LogP) is 4.33. The number of carbonyl (C=O) groups is 1. The largest absolute Gasteiger partial charge is 0.497 e. The van der Waals surface area contributed by atoms with Gasteiger partial charge in [0.2, 0.25) is 0 Å². The van der Waals surface area contributed by atoms with Crippen LogP contribution in [0.3, 0.4) is 0 Å². The first-order valence-corrected chi connectivity index (χ1v) is 9.63. The molecule has 1 aromatic heterocycles. The maximum Gasteiger partial charge on any atom is 0.306 e. The highest BCUT2D eigenvalue weighted by molar-refractivity contribution is 6.05. The quantitative estimate of drug-likeness (QED) is 0.459. The van der Waals surface area contributed by atoms with Gasteiger partial charge in [0.1, 0.15) is 5.75 Å². The summed E-state index contributed by atoms with van der Waals surface area (Å²) < 4.78 is 10.6. The van der Waals surface area contributed by atoms with E-state index in [1.54, 1.807) is 19.2 Å². The average molecular weight is 409 g/mol. The molecule has 6 nitrogen and oxygen atoms in total. The summed E-state index contributed by atoms with van der Waals surface area (Å²) in [6.45, 7) is 0.269. The molecule has 1 heterocycles. The van der Waals surface area contributed by atoms with Gasteiger partial charge in [-0.25, -0.2) is 0 Å². The fraction of sp³-hybridized carbons (Fsp3) is 0.0800. The highest BCUT2D eigenvalue weighted by atomic mass is 16.5. The van der Waals surface area contributed by atoms with Crippen LogP contribution in [0.1, 0.15) is 11.1 Å². The Bertz CT molecular complexity index is 1210. The van der Waals surface area contributed by atoms with E-state index in [9.17, 15) is 4.79 Å². The molecule has 0 spiro atoms. The minimum absolute atomic E-state index is 0.155. The maximum absolute atomic E-state index is 13.0. The summed E-state index contributed by atoms with van der Waals surface area (Å²) in [7, 11) is 1.60. The fourth-order valence-electron chi connectivity index (χ4n) is 2.89. The molecule has 152 valence electrons. The standard InChI is InChI=1S/C25H19N3O3/c1-30-22-15-13-21(14-16-22)24-26-25(27-31-24)28(18-20-10-6-3-7-11-20)23(29)17-12-19-8-4-2-5-9-19/h2-11,13-16H,18H2,1H3. The van der Waals surface area contributed by atoms with Gasteiger partial charge in [0, 0.05) is 17.0 Å². The lowest BCUT2D eigenvalue weighted by Crippen LogP contribution is -2.30. The number of rotatable bonds is 5. The van der Waals surface area contributed by atoms with Crippen molar-refractivity contribution in [3.05, 3.63) is 96.1 Å². The molecule has 0 N–H and O–H groups in total. The van der Waals surface area contributed by atoms with Crippen molar-refractivity contribution in [3.8, 4) is 29.0 Å². The van der Waals surface area contributed by atoms with Gasteiger partial charge in [-0.05, 0) is 47.1 Å². The van der Waals surface area contributed by atoms with Gasteiger partial charge in [0.05, 0.1) is 13.7 Å². The van der Waals surface area contributed by atoms with E-state index in [1.807, 2.05) is 72.8 Å². The Hall–Kier alpha value is -4.37. The number of benzene rings is 3. The Balaban J connectivity index is 1.63. The van der Waals surface area contributed by atoms with Crippen molar-refractivity contribution in [1.29, 1.82) is 0 Å². The van der Waals surface area contributed by atoms with Crippen molar-refractivity contribution in [2.24, 2.45) is 0 Å². The minimum atomic E-state index is -0.421. The summed E-state index contributed by atoms with van der Waals surface area (Å²) in [5.74, 6) is 6.33. The van der Waals surface area contributed by atoms with Crippen molar-refractivity contribution in [3.63, 3.8) is 0 Å². The van der Waals surface area contributed by atoms with Crippen molar-refractivity contribution < 1.29 is 14.1 Å². The number of nitrogens with zero attached hydrogens (tertiary/aromatic N) is 3. The van der Waals surface area contributed by atoms with Gasteiger partial charge in [0.15, 0.2) is 0 Å². The van der Waals surface area contributed by atoms with E-state index in [0.717, 1.165) is 22.4 Å². The molecule has 0 saturated heterocycles. The Morgan fingerprint density at radius 2 is 1.65 bits per heavy atom. The molecule has 3 aromatic carbocycles. The van der Waals surface area contributed by atoms with Crippen molar-refractivity contribution in [2.45, 2.75) is 6.54 Å². The number of methoxy groups -OCH3 is 1. The Labute approximate surface area is 180 Å². The average Bonchev–Trinajstić information content (AvgIpc) is 3.32. The molecule has 6 heteroatoms. The lowest BCUT2D eigenvalue weighted by Gasteiger charge is -2.15. The van der Waals surface area contributed by atoms with E-state index in [0.29, 0.717) is 5.89 Å². The maximum atomic E-state index is 13.0. The monoisotopic (exact) mass is 409 g/mol. The SMILES string of the molecule is COc1ccc(-c2nc(N(Cc3ccccc3)C(=O)C#Cc3ccccc3)no2)cc1. The first-order chi connectivity index (χ1) is 15.2. The zero-order chi connectivity index (χ0) is 21.5. The van der Waals surface area contributed by atoms with Crippen molar-refractivity contribution >= 4 is 11.9 Å². The molecule has 1 amide bonds. The number of amides is 1. The normalized spacial score (nSPS) is 10.1.